The van der Waals surface area contributed by atoms with Crippen LogP contribution in [0.15, 0.2) is 12.7 Å². The van der Waals surface area contributed by atoms with E-state index in [4.69, 9.17) is 0 Å². The minimum atomic E-state index is -3.99. The highest BCUT2D eigenvalue weighted by atomic mass is 35.5. The van der Waals surface area contributed by atoms with Crippen molar-refractivity contribution < 1.29 is 16.3 Å². The van der Waals surface area contributed by atoms with Gasteiger partial charge in [0.2, 0.25) is 0 Å². The first-order valence-electron chi connectivity index (χ1n) is 1.93. The second-order valence-electron chi connectivity index (χ2n) is 1.04. The molecule has 0 unspecified atom stereocenters. The van der Waals surface area contributed by atoms with Gasteiger partial charge in [0.15, 0.2) is 0 Å². The maximum Gasteiger partial charge on any atom is 0.416 e. The second-order valence-corrected chi connectivity index (χ2v) is 2.60. The predicted octanol–water partition coefficient (Wildman–Crippen LogP) is 0.604. The van der Waals surface area contributed by atoms with Crippen molar-refractivity contribution >= 4 is 22.3 Å². The Hall–Kier alpha value is -0.100. The van der Waals surface area contributed by atoms with Gasteiger partial charge in [-0.3, -0.25) is 0 Å². The number of hydrogen-bond donors (Lipinski definition) is 0. The van der Waals surface area contributed by atoms with Crippen LogP contribution in [0.4, 0.5) is 0 Å². The molecule has 0 aliphatic carbocycles. The van der Waals surface area contributed by atoms with Crippen LogP contribution in [0, 0.1) is 0 Å². The summed E-state index contributed by atoms with van der Waals surface area (Å²) < 4.78 is 27.7. The van der Waals surface area contributed by atoms with E-state index in [0.717, 1.165) is 0 Å². The molecular formula is C3H5ClO4S. The highest BCUT2D eigenvalue weighted by Gasteiger charge is 2.07. The molecule has 0 atom stereocenters. The molecule has 0 fully saturated rings. The van der Waals surface area contributed by atoms with Gasteiger partial charge in [0.1, 0.15) is 0 Å². The fraction of sp³-hybridized carbons (Fsp3) is 0.333. The van der Waals surface area contributed by atoms with Crippen LogP contribution in [0.5, 0.6) is 0 Å². The van der Waals surface area contributed by atoms with E-state index in [2.05, 4.69) is 26.4 Å². The molecule has 0 aromatic carbocycles. The van der Waals surface area contributed by atoms with Crippen molar-refractivity contribution in [3.05, 3.63) is 12.7 Å². The van der Waals surface area contributed by atoms with Crippen molar-refractivity contribution in [3.8, 4) is 0 Å². The van der Waals surface area contributed by atoms with Gasteiger partial charge < -0.3 is 0 Å². The van der Waals surface area contributed by atoms with Crippen molar-refractivity contribution in [1.29, 1.82) is 0 Å². The normalized spacial score (nSPS) is 11.2. The molecule has 0 amide bonds. The van der Waals surface area contributed by atoms with Crippen molar-refractivity contribution in [2.45, 2.75) is 0 Å². The standard InChI is InChI=1S/C3H5ClO4S/c1-2-3-7-9(5,6)8-4/h2H,1,3H2. The average molecular weight is 173 g/mol. The Kier molecular flexibility index (Phi) is 3.79. The van der Waals surface area contributed by atoms with Gasteiger partial charge in [-0.25, -0.2) is 4.18 Å². The molecule has 4 nitrogen and oxygen atoms in total. The van der Waals surface area contributed by atoms with E-state index in [1.807, 2.05) is 0 Å². The zero-order chi connectivity index (χ0) is 7.33. The number of hydrogen-bond acceptors (Lipinski definition) is 4. The topological polar surface area (TPSA) is 52.6 Å². The van der Waals surface area contributed by atoms with Gasteiger partial charge in [-0.05, 0) is 0 Å². The lowest BCUT2D eigenvalue weighted by atomic mass is 10.7. The molecule has 0 saturated carbocycles. The Labute approximate surface area is 58.5 Å². The van der Waals surface area contributed by atoms with E-state index in [9.17, 15) is 8.42 Å². The van der Waals surface area contributed by atoms with E-state index >= 15 is 0 Å². The molecule has 0 heterocycles. The fourth-order valence-electron chi connectivity index (χ4n) is 0.150. The van der Waals surface area contributed by atoms with E-state index in [1.165, 1.54) is 6.08 Å². The molecule has 6 heteroatoms. The molecule has 9 heavy (non-hydrogen) atoms. The van der Waals surface area contributed by atoms with E-state index in [-0.39, 0.29) is 6.61 Å². The molecule has 0 aromatic rings. The third-order valence-corrected chi connectivity index (χ3v) is 1.45. The SMILES string of the molecule is C=CCOS(=O)(=O)OCl. The quantitative estimate of drug-likeness (QED) is 0.583. The Morgan fingerprint density at radius 3 is 2.56 bits per heavy atom. The monoisotopic (exact) mass is 172 g/mol. The summed E-state index contributed by atoms with van der Waals surface area (Å²) in [5.74, 6) is 0. The number of rotatable bonds is 4. The van der Waals surface area contributed by atoms with Crippen LogP contribution in [-0.4, -0.2) is 15.0 Å². The molecule has 0 saturated heterocycles. The molecular weight excluding hydrogens is 168 g/mol. The Balaban J connectivity index is 3.74. The third kappa shape index (κ3) is 4.41. The first kappa shape index (κ1) is 8.90. The van der Waals surface area contributed by atoms with E-state index < -0.39 is 10.4 Å². The highest BCUT2D eigenvalue weighted by Crippen LogP contribution is 1.97. The third-order valence-electron chi connectivity index (χ3n) is 0.407. The summed E-state index contributed by atoms with van der Waals surface area (Å²) in [5.41, 5.74) is 0. The van der Waals surface area contributed by atoms with Gasteiger partial charge in [0.05, 0.1) is 18.5 Å². The number of halogens is 1. The average Bonchev–Trinajstić information content (AvgIpc) is 1.84. The zero-order valence-electron chi connectivity index (χ0n) is 4.41. The van der Waals surface area contributed by atoms with Crippen LogP contribution < -0.4 is 0 Å². The first-order chi connectivity index (χ1) is 4.12. The lowest BCUT2D eigenvalue weighted by Crippen LogP contribution is -2.04. The van der Waals surface area contributed by atoms with Crippen LogP contribution >= 0.6 is 11.9 Å². The maximum absolute atomic E-state index is 10.1. The Morgan fingerprint density at radius 2 is 2.22 bits per heavy atom. The van der Waals surface area contributed by atoms with Gasteiger partial charge in [-0.2, -0.15) is 8.42 Å². The summed E-state index contributed by atoms with van der Waals surface area (Å²) >= 11 is 4.48. The predicted molar refractivity (Wildman–Crippen MR) is 32.0 cm³/mol. The maximum atomic E-state index is 10.1. The first-order valence-corrected chi connectivity index (χ1v) is 3.57. The van der Waals surface area contributed by atoms with E-state index in [0.29, 0.717) is 0 Å². The smallest absolute Gasteiger partial charge is 0.243 e. The van der Waals surface area contributed by atoms with Crippen LogP contribution in [0.1, 0.15) is 0 Å². The summed E-state index contributed by atoms with van der Waals surface area (Å²) in [6, 6.07) is 0. The lowest BCUT2D eigenvalue weighted by Gasteiger charge is -1.94. The van der Waals surface area contributed by atoms with Crippen LogP contribution in [0.3, 0.4) is 0 Å². The molecule has 0 spiro atoms. The summed E-state index contributed by atoms with van der Waals surface area (Å²) in [6.45, 7) is 3.07. The molecule has 0 aromatic heterocycles. The van der Waals surface area contributed by atoms with Crippen molar-refractivity contribution in [2.75, 3.05) is 6.61 Å². The summed E-state index contributed by atoms with van der Waals surface area (Å²) in [6.07, 6.45) is 1.26. The van der Waals surface area contributed by atoms with Crippen molar-refractivity contribution in [1.82, 2.24) is 0 Å². The molecule has 0 radical (unpaired) electrons. The van der Waals surface area contributed by atoms with E-state index in [1.54, 1.807) is 0 Å². The van der Waals surface area contributed by atoms with Crippen molar-refractivity contribution in [2.24, 2.45) is 0 Å². The fourth-order valence-corrected chi connectivity index (χ4v) is 0.558. The minimum absolute atomic E-state index is 0.144. The largest absolute Gasteiger partial charge is 0.416 e. The highest BCUT2D eigenvalue weighted by molar-refractivity contribution is 7.82. The van der Waals surface area contributed by atoms with Crippen LogP contribution in [-0.2, 0) is 18.3 Å². The van der Waals surface area contributed by atoms with Crippen LogP contribution in [0.2, 0.25) is 0 Å². The van der Waals surface area contributed by atoms with Gasteiger partial charge in [0, 0.05) is 0 Å². The van der Waals surface area contributed by atoms with Gasteiger partial charge >= 0.3 is 10.4 Å². The Bertz CT molecular complexity index is 172. The Morgan fingerprint density at radius 1 is 1.67 bits per heavy atom. The molecule has 0 rings (SSSR count). The molecule has 0 aliphatic rings. The summed E-state index contributed by atoms with van der Waals surface area (Å²) in [7, 11) is -3.99. The molecule has 0 N–H and O–H groups in total. The van der Waals surface area contributed by atoms with Crippen molar-refractivity contribution in [3.63, 3.8) is 0 Å². The molecule has 54 valence electrons. The summed E-state index contributed by atoms with van der Waals surface area (Å²) in [5, 5.41) is 0. The second kappa shape index (κ2) is 3.84. The molecule has 0 aliphatic heterocycles. The van der Waals surface area contributed by atoms with Gasteiger partial charge in [0.25, 0.3) is 0 Å². The minimum Gasteiger partial charge on any atom is -0.243 e. The van der Waals surface area contributed by atoms with Crippen LogP contribution in [0.25, 0.3) is 0 Å². The lowest BCUT2D eigenvalue weighted by molar-refractivity contribution is 0.308. The summed E-state index contributed by atoms with van der Waals surface area (Å²) in [4.78, 5) is 0. The van der Waals surface area contributed by atoms with Gasteiger partial charge in [-0.15, -0.1) is 10.3 Å². The van der Waals surface area contributed by atoms with Gasteiger partial charge in [-0.1, -0.05) is 6.08 Å². The zero-order valence-corrected chi connectivity index (χ0v) is 5.98. The molecule has 0 bridgehead atoms.